The van der Waals surface area contributed by atoms with E-state index >= 15 is 0 Å². The summed E-state index contributed by atoms with van der Waals surface area (Å²) in [5, 5.41) is 17.9. The van der Waals surface area contributed by atoms with Gasteiger partial charge in [0.2, 0.25) is 0 Å². The Hall–Kier alpha value is -1.14. The molecule has 16 heavy (non-hydrogen) atoms. The molecule has 0 unspecified atom stereocenters. The van der Waals surface area contributed by atoms with Crippen molar-refractivity contribution < 1.29 is 29.3 Å². The Labute approximate surface area is 94.2 Å². The molecular weight excluding hydrogens is 216 g/mol. The van der Waals surface area contributed by atoms with Gasteiger partial charge >= 0.3 is 11.9 Å². The van der Waals surface area contributed by atoms with Gasteiger partial charge in [0.1, 0.15) is 0 Å². The van der Waals surface area contributed by atoms with Gasteiger partial charge in [0, 0.05) is 26.2 Å². The average Bonchev–Trinajstić information content (AvgIpc) is 2.21. The zero-order valence-corrected chi connectivity index (χ0v) is 9.56. The molecule has 0 heterocycles. The summed E-state index contributed by atoms with van der Waals surface area (Å²) in [5.41, 5.74) is -2.15. The number of carboxylic acids is 2. The number of hydrogen-bond donors (Lipinski definition) is 2. The van der Waals surface area contributed by atoms with Gasteiger partial charge in [0.05, 0.1) is 0 Å². The van der Waals surface area contributed by atoms with Crippen LogP contribution in [-0.4, -0.2) is 47.6 Å². The number of carbonyl (C=O) groups is 2. The second-order valence-corrected chi connectivity index (χ2v) is 3.17. The maximum Gasteiger partial charge on any atom is 0.347 e. The van der Waals surface area contributed by atoms with Crippen molar-refractivity contribution in [2.45, 2.75) is 32.3 Å². The first kappa shape index (κ1) is 14.9. The molecule has 0 aliphatic carbocycles. The van der Waals surface area contributed by atoms with Crippen LogP contribution < -0.4 is 0 Å². The largest absolute Gasteiger partial charge is 0.479 e. The summed E-state index contributed by atoms with van der Waals surface area (Å²) in [6, 6.07) is 0. The molecule has 0 aromatic heterocycles. The first-order valence-electron chi connectivity index (χ1n) is 5.19. The summed E-state index contributed by atoms with van der Waals surface area (Å²) in [7, 11) is 0. The molecule has 0 saturated heterocycles. The molecule has 0 saturated carbocycles. The van der Waals surface area contributed by atoms with E-state index in [1.165, 1.54) is 0 Å². The van der Waals surface area contributed by atoms with Gasteiger partial charge in [0.15, 0.2) is 0 Å². The van der Waals surface area contributed by atoms with Crippen LogP contribution in [0.25, 0.3) is 0 Å². The zero-order chi connectivity index (χ0) is 12.6. The first-order valence-corrected chi connectivity index (χ1v) is 5.19. The Balaban J connectivity index is 4.50. The molecule has 0 aliphatic rings. The molecule has 0 spiro atoms. The lowest BCUT2D eigenvalue weighted by Crippen LogP contribution is -2.49. The van der Waals surface area contributed by atoms with E-state index in [2.05, 4.69) is 0 Å². The molecule has 94 valence electrons. The number of hydrogen-bond acceptors (Lipinski definition) is 4. The minimum Gasteiger partial charge on any atom is -0.479 e. The smallest absolute Gasteiger partial charge is 0.347 e. The predicted octanol–water partition coefficient (Wildman–Crippen LogP) is 0.748. The third-order valence-corrected chi connectivity index (χ3v) is 2.10. The van der Waals surface area contributed by atoms with Gasteiger partial charge in [-0.25, -0.2) is 9.59 Å². The van der Waals surface area contributed by atoms with Gasteiger partial charge in [-0.2, -0.15) is 0 Å². The molecule has 0 amide bonds. The van der Waals surface area contributed by atoms with Crippen molar-refractivity contribution in [3.63, 3.8) is 0 Å². The summed E-state index contributed by atoms with van der Waals surface area (Å²) < 4.78 is 9.90. The fourth-order valence-electron chi connectivity index (χ4n) is 1.31. The normalized spacial score (nSPS) is 11.4. The summed E-state index contributed by atoms with van der Waals surface area (Å²) >= 11 is 0. The van der Waals surface area contributed by atoms with Crippen LogP contribution in [0.1, 0.15) is 26.7 Å². The highest BCUT2D eigenvalue weighted by molar-refractivity contribution is 6.01. The van der Waals surface area contributed by atoms with Crippen LogP contribution in [0.15, 0.2) is 0 Å². The van der Waals surface area contributed by atoms with E-state index in [0.29, 0.717) is 19.6 Å². The molecule has 0 rings (SSSR count). The maximum atomic E-state index is 11.0. The standard InChI is InChI=1S/C10H18O6/c1-3-15-7-5-6-10(8(11)12,9(13)14)16-4-2/h3-7H2,1-2H3,(H,11,12)(H,13,14). The Morgan fingerprint density at radius 1 is 1.12 bits per heavy atom. The van der Waals surface area contributed by atoms with Crippen LogP contribution in [0.3, 0.4) is 0 Å². The quantitative estimate of drug-likeness (QED) is 0.451. The van der Waals surface area contributed by atoms with E-state index in [-0.39, 0.29) is 13.0 Å². The van der Waals surface area contributed by atoms with Gasteiger partial charge in [-0.1, -0.05) is 0 Å². The van der Waals surface area contributed by atoms with Crippen molar-refractivity contribution in [1.82, 2.24) is 0 Å². The molecule has 6 nitrogen and oxygen atoms in total. The minimum atomic E-state index is -2.15. The van der Waals surface area contributed by atoms with Crippen molar-refractivity contribution in [3.8, 4) is 0 Å². The summed E-state index contributed by atoms with van der Waals surface area (Å²) in [6.07, 6.45) is 0.220. The fraction of sp³-hybridized carbons (Fsp3) is 0.800. The number of ether oxygens (including phenoxy) is 2. The monoisotopic (exact) mass is 234 g/mol. The fourth-order valence-corrected chi connectivity index (χ4v) is 1.31. The van der Waals surface area contributed by atoms with Gasteiger partial charge in [0.25, 0.3) is 5.60 Å². The van der Waals surface area contributed by atoms with Gasteiger partial charge in [-0.15, -0.1) is 0 Å². The lowest BCUT2D eigenvalue weighted by Gasteiger charge is -2.24. The molecule has 0 aromatic carbocycles. The zero-order valence-electron chi connectivity index (χ0n) is 9.56. The maximum absolute atomic E-state index is 11.0. The second kappa shape index (κ2) is 7.19. The minimum absolute atomic E-state index is 0.0350. The van der Waals surface area contributed by atoms with Crippen LogP contribution in [0.4, 0.5) is 0 Å². The topological polar surface area (TPSA) is 93.1 Å². The summed E-state index contributed by atoms with van der Waals surface area (Å²) in [5.74, 6) is -2.95. The molecule has 0 aromatic rings. The molecule has 0 aliphatic heterocycles. The summed E-state index contributed by atoms with van der Waals surface area (Å²) in [4.78, 5) is 21.9. The number of rotatable bonds is 9. The van der Waals surface area contributed by atoms with Crippen LogP contribution >= 0.6 is 0 Å². The number of aliphatic carboxylic acids is 2. The van der Waals surface area contributed by atoms with Crippen LogP contribution in [0, 0.1) is 0 Å². The van der Waals surface area contributed by atoms with E-state index in [4.69, 9.17) is 19.7 Å². The number of carboxylic acid groups (broad SMARTS) is 2. The molecule has 0 radical (unpaired) electrons. The van der Waals surface area contributed by atoms with Gasteiger partial charge in [-0.3, -0.25) is 0 Å². The highest BCUT2D eigenvalue weighted by atomic mass is 16.5. The van der Waals surface area contributed by atoms with Gasteiger partial charge in [-0.05, 0) is 20.3 Å². The van der Waals surface area contributed by atoms with E-state index < -0.39 is 17.5 Å². The van der Waals surface area contributed by atoms with Crippen LogP contribution in [-0.2, 0) is 19.1 Å². The Kier molecular flexibility index (Phi) is 6.67. The predicted molar refractivity (Wildman–Crippen MR) is 55.4 cm³/mol. The Bertz CT molecular complexity index is 223. The third-order valence-electron chi connectivity index (χ3n) is 2.10. The average molecular weight is 234 g/mol. The SMILES string of the molecule is CCOCCCC(OCC)(C(=O)O)C(=O)O. The van der Waals surface area contributed by atoms with Gasteiger partial charge < -0.3 is 19.7 Å². The lowest BCUT2D eigenvalue weighted by molar-refractivity contribution is -0.184. The molecule has 2 N–H and O–H groups in total. The Morgan fingerprint density at radius 3 is 2.06 bits per heavy atom. The second-order valence-electron chi connectivity index (χ2n) is 3.17. The lowest BCUT2D eigenvalue weighted by atomic mass is 9.98. The van der Waals surface area contributed by atoms with E-state index in [1.807, 2.05) is 6.92 Å². The van der Waals surface area contributed by atoms with Crippen LogP contribution in [0.5, 0.6) is 0 Å². The highest BCUT2D eigenvalue weighted by Gasteiger charge is 2.47. The molecular formula is C10H18O6. The summed E-state index contributed by atoms with van der Waals surface area (Å²) in [6.45, 7) is 4.24. The van der Waals surface area contributed by atoms with E-state index in [9.17, 15) is 9.59 Å². The molecule has 0 fully saturated rings. The highest BCUT2D eigenvalue weighted by Crippen LogP contribution is 2.19. The van der Waals surface area contributed by atoms with E-state index in [0.717, 1.165) is 0 Å². The molecule has 0 atom stereocenters. The Morgan fingerprint density at radius 2 is 1.69 bits per heavy atom. The van der Waals surface area contributed by atoms with Crippen molar-refractivity contribution in [3.05, 3.63) is 0 Å². The van der Waals surface area contributed by atoms with Crippen molar-refractivity contribution in [1.29, 1.82) is 0 Å². The first-order chi connectivity index (χ1) is 7.51. The third kappa shape index (κ3) is 3.79. The molecule has 0 bridgehead atoms. The molecule has 6 heteroatoms. The van der Waals surface area contributed by atoms with Crippen molar-refractivity contribution in [2.75, 3.05) is 19.8 Å². The van der Waals surface area contributed by atoms with Crippen LogP contribution in [0.2, 0.25) is 0 Å². The van der Waals surface area contributed by atoms with E-state index in [1.54, 1.807) is 6.92 Å². The van der Waals surface area contributed by atoms with Crippen molar-refractivity contribution in [2.24, 2.45) is 0 Å². The van der Waals surface area contributed by atoms with Crippen molar-refractivity contribution >= 4 is 11.9 Å².